The highest BCUT2D eigenvalue weighted by Gasteiger charge is 2.22. The summed E-state index contributed by atoms with van der Waals surface area (Å²) < 4.78 is 4.56. The number of aryl methyl sites for hydroxylation is 1. The molecule has 2 rings (SSSR count). The lowest BCUT2D eigenvalue weighted by Crippen LogP contribution is -2.06. The molecule has 15 heavy (non-hydrogen) atoms. The largest absolute Gasteiger partial charge is 0.469 e. The first-order chi connectivity index (χ1) is 7.20. The molecule has 0 unspecified atom stereocenters. The minimum absolute atomic E-state index is 0.00355. The zero-order chi connectivity index (χ0) is 10.8. The molecule has 80 valence electrons. The number of aromatic amines is 1. The number of carbonyl (C=O) groups is 2. The van der Waals surface area contributed by atoms with E-state index in [9.17, 15) is 9.59 Å². The molecule has 0 aliphatic carbocycles. The summed E-state index contributed by atoms with van der Waals surface area (Å²) in [5, 5.41) is 2.71. The Morgan fingerprint density at radius 1 is 1.60 bits per heavy atom. The van der Waals surface area contributed by atoms with E-state index in [2.05, 4.69) is 15.0 Å². The summed E-state index contributed by atoms with van der Waals surface area (Å²) in [4.78, 5) is 25.0. The molecular weight excluding hydrogens is 199 g/mol. The van der Waals surface area contributed by atoms with Crippen LogP contribution in [0.1, 0.15) is 17.5 Å². The van der Waals surface area contributed by atoms with E-state index in [4.69, 9.17) is 0 Å². The number of carbonyl (C=O) groups excluding carboxylic acids is 2. The Hall–Kier alpha value is -1.78. The van der Waals surface area contributed by atoms with Gasteiger partial charge >= 0.3 is 5.97 Å². The highest BCUT2D eigenvalue weighted by atomic mass is 16.5. The average molecular weight is 211 g/mol. The van der Waals surface area contributed by atoms with Crippen LogP contribution in [-0.4, -0.2) is 24.0 Å². The van der Waals surface area contributed by atoms with Gasteiger partial charge in [0, 0.05) is 18.2 Å². The summed E-state index contributed by atoms with van der Waals surface area (Å²) >= 11 is 0. The van der Waals surface area contributed by atoms with Gasteiger partial charge in [0.05, 0.1) is 13.5 Å². The molecule has 1 aromatic rings. The molecule has 2 heterocycles. The molecule has 0 atom stereocenters. The van der Waals surface area contributed by atoms with Crippen molar-refractivity contribution in [3.63, 3.8) is 0 Å². The number of fused-ring (bicyclic) bond motifs is 1. The van der Waals surface area contributed by atoms with Crippen molar-refractivity contribution in [3.05, 3.63) is 17.3 Å². The van der Waals surface area contributed by atoms with Crippen LogP contribution < -0.4 is 5.32 Å². The summed E-state index contributed by atoms with van der Waals surface area (Å²) in [5.74, 6) is 0.526. The smallest absolute Gasteiger partial charge is 0.305 e. The normalized spacial score (nSPS) is 13.5. The number of ether oxygens (including phenoxy) is 1. The molecule has 1 aliphatic heterocycles. The van der Waals surface area contributed by atoms with Crippen LogP contribution in [0, 0.1) is 0 Å². The molecule has 1 aromatic heterocycles. The topological polar surface area (TPSA) is 71.2 Å². The van der Waals surface area contributed by atoms with Crippen molar-refractivity contribution < 1.29 is 14.3 Å². The molecule has 0 fully saturated rings. The predicted octanol–water partition coefficient (Wildman–Crippen LogP) is 0.615. The van der Waals surface area contributed by atoms with Crippen LogP contribution in [-0.2, 0) is 27.2 Å². The number of amides is 1. The average Bonchev–Trinajstić information content (AvgIpc) is 2.73. The number of anilines is 1. The first kappa shape index (κ1) is 9.76. The summed E-state index contributed by atoms with van der Waals surface area (Å²) in [5.41, 5.74) is 1.98. The Kier molecular flexibility index (Phi) is 2.45. The van der Waals surface area contributed by atoms with E-state index in [-0.39, 0.29) is 11.9 Å². The van der Waals surface area contributed by atoms with Gasteiger partial charge in [-0.05, 0) is 12.0 Å². The molecule has 0 bridgehead atoms. The SMILES string of the molecule is COC(=O)CCc1c[15nH]c2c1[13CH2][13C](=O)N2. The van der Waals surface area contributed by atoms with Crippen LogP contribution in [0.5, 0.6) is 0 Å². The van der Waals surface area contributed by atoms with Crippen molar-refractivity contribution in [1.29, 1.82) is 0 Å². The van der Waals surface area contributed by atoms with Crippen LogP contribution in [0.25, 0.3) is 0 Å². The summed E-state index contributed by atoms with van der Waals surface area (Å²) in [6, 6.07) is 0. The Bertz CT molecular complexity index is 409. The van der Waals surface area contributed by atoms with E-state index >= 15 is 0 Å². The van der Waals surface area contributed by atoms with Crippen molar-refractivity contribution in [3.8, 4) is 0 Å². The van der Waals surface area contributed by atoms with Crippen LogP contribution in [0.2, 0.25) is 0 Å². The van der Waals surface area contributed by atoms with E-state index in [1.165, 1.54) is 7.11 Å². The number of hydrogen-bond acceptors (Lipinski definition) is 3. The van der Waals surface area contributed by atoms with Gasteiger partial charge in [-0.3, -0.25) is 9.59 Å². The fraction of sp³-hybridized carbons (Fsp3) is 0.400. The zero-order valence-corrected chi connectivity index (χ0v) is 8.42. The fourth-order valence-corrected chi connectivity index (χ4v) is 1.71. The first-order valence-electron chi connectivity index (χ1n) is 4.76. The predicted molar refractivity (Wildman–Crippen MR) is 53.5 cm³/mol. The Morgan fingerprint density at radius 2 is 2.40 bits per heavy atom. The van der Waals surface area contributed by atoms with Crippen LogP contribution in [0.4, 0.5) is 5.82 Å². The highest BCUT2D eigenvalue weighted by molar-refractivity contribution is 5.98. The second kappa shape index (κ2) is 3.76. The molecule has 1 aliphatic rings. The second-order valence-corrected chi connectivity index (χ2v) is 3.47. The van der Waals surface area contributed by atoms with Gasteiger partial charge in [-0.1, -0.05) is 0 Å². The maximum Gasteiger partial charge on any atom is 0.305 e. The first-order valence-corrected chi connectivity index (χ1v) is 4.76. The molecule has 0 aromatic carbocycles. The number of nitrogens with one attached hydrogen (secondary N) is 2. The minimum Gasteiger partial charge on any atom is -0.469 e. The van der Waals surface area contributed by atoms with E-state index in [1.54, 1.807) is 0 Å². The van der Waals surface area contributed by atoms with Crippen molar-refractivity contribution in [2.24, 2.45) is 0 Å². The molecule has 0 spiro atoms. The van der Waals surface area contributed by atoms with E-state index in [0.29, 0.717) is 19.3 Å². The summed E-state index contributed by atoms with van der Waals surface area (Å²) in [6.45, 7) is 0. The van der Waals surface area contributed by atoms with Gasteiger partial charge in [0.1, 0.15) is 5.82 Å². The van der Waals surface area contributed by atoms with Crippen LogP contribution in [0.15, 0.2) is 6.20 Å². The molecule has 0 radical (unpaired) electrons. The van der Waals surface area contributed by atoms with Gasteiger partial charge in [0.2, 0.25) is 5.91 Å². The number of H-pyrrole nitrogens is 1. The Balaban J connectivity index is 2.05. The van der Waals surface area contributed by atoms with E-state index < -0.39 is 0 Å². The lowest BCUT2D eigenvalue weighted by atomic mass is 10.1. The quantitative estimate of drug-likeness (QED) is 0.568. The number of hydrogen-bond donors (Lipinski definition) is 2. The maximum atomic E-state index is 11.1. The Labute approximate surface area is 86.8 Å². The standard InChI is InChI=1S/C10H12N2O3/c1-15-9(14)3-2-6-5-11-10-7(6)4-8(13)12-10/h5,11H,2-4H2,1H3,(H,12,13)/i4+1,8+1,11+1. The molecule has 2 N–H and O–H groups in total. The van der Waals surface area contributed by atoms with Crippen LogP contribution >= 0.6 is 0 Å². The third-order valence-corrected chi connectivity index (χ3v) is 2.51. The monoisotopic (exact) mass is 211 g/mol. The van der Waals surface area contributed by atoms with E-state index in [1.807, 2.05) is 6.20 Å². The van der Waals surface area contributed by atoms with Gasteiger partial charge in [-0.15, -0.1) is 0 Å². The van der Waals surface area contributed by atoms with E-state index in [0.717, 1.165) is 16.9 Å². The third kappa shape index (κ3) is 1.86. The zero-order valence-electron chi connectivity index (χ0n) is 8.42. The Morgan fingerprint density at radius 3 is 3.13 bits per heavy atom. The van der Waals surface area contributed by atoms with Crippen molar-refractivity contribution in [2.45, 2.75) is 19.3 Å². The number of aromatic nitrogens is 1. The van der Waals surface area contributed by atoms with Gasteiger partial charge in [0.25, 0.3) is 0 Å². The number of methoxy groups -OCH3 is 1. The van der Waals surface area contributed by atoms with Crippen molar-refractivity contribution >= 4 is 17.7 Å². The highest BCUT2D eigenvalue weighted by Crippen LogP contribution is 2.26. The molecular formula is C10H12N2O3. The molecule has 1 amide bonds. The lowest BCUT2D eigenvalue weighted by molar-refractivity contribution is -0.140. The van der Waals surface area contributed by atoms with Gasteiger partial charge < -0.3 is 15.0 Å². The lowest BCUT2D eigenvalue weighted by Gasteiger charge is -1.98. The summed E-state index contributed by atoms with van der Waals surface area (Å²) in [7, 11) is 1.37. The van der Waals surface area contributed by atoms with Gasteiger partial charge in [-0.25, -0.2) is 0 Å². The van der Waals surface area contributed by atoms with Gasteiger partial charge in [0.15, 0.2) is 0 Å². The maximum absolute atomic E-state index is 11.1. The fourth-order valence-electron chi connectivity index (χ4n) is 1.71. The molecule has 0 saturated heterocycles. The number of rotatable bonds is 3. The minimum atomic E-state index is -0.234. The third-order valence-electron chi connectivity index (χ3n) is 2.51. The molecule has 5 heteroatoms. The van der Waals surface area contributed by atoms with Gasteiger partial charge in [-0.2, -0.15) is 0 Å². The van der Waals surface area contributed by atoms with Crippen molar-refractivity contribution in [2.75, 3.05) is 12.4 Å². The second-order valence-electron chi connectivity index (χ2n) is 3.47. The summed E-state index contributed by atoms with van der Waals surface area (Å²) in [6.07, 6.45) is 3.17. The molecule has 0 saturated carbocycles. The van der Waals surface area contributed by atoms with Crippen molar-refractivity contribution in [1.82, 2.24) is 4.98 Å². The number of esters is 1. The van der Waals surface area contributed by atoms with Crippen LogP contribution in [0.3, 0.4) is 0 Å². The molecule has 5 nitrogen and oxygen atoms in total.